The fraction of sp³-hybridized carbons (Fsp3) is 0.250. The predicted octanol–water partition coefficient (Wildman–Crippen LogP) is 2.30. The molecule has 0 radical (unpaired) electrons. The molecule has 0 amide bonds. The van der Waals surface area contributed by atoms with Crippen LogP contribution in [0.1, 0.15) is 24.2 Å². The summed E-state index contributed by atoms with van der Waals surface area (Å²) in [5.74, 6) is 0. The van der Waals surface area contributed by atoms with Crippen molar-refractivity contribution in [1.82, 2.24) is 24.9 Å². The van der Waals surface area contributed by atoms with Crippen molar-refractivity contribution >= 4 is 0 Å². The molecule has 1 aromatic carbocycles. The maximum absolute atomic E-state index is 4.47. The normalized spacial score (nSPS) is 12.5. The number of hydrogen-bond donors (Lipinski definition) is 1. The summed E-state index contributed by atoms with van der Waals surface area (Å²) >= 11 is 0. The van der Waals surface area contributed by atoms with Crippen LogP contribution in [0.5, 0.6) is 0 Å². The summed E-state index contributed by atoms with van der Waals surface area (Å²) in [4.78, 5) is 0. The molecule has 0 fully saturated rings. The van der Waals surface area contributed by atoms with E-state index in [9.17, 15) is 0 Å². The monoisotopic (exact) mass is 281 g/mol. The van der Waals surface area contributed by atoms with E-state index in [2.05, 4.69) is 34.6 Å². The molecule has 5 heteroatoms. The first kappa shape index (κ1) is 13.6. The number of aromatic nitrogens is 4. The molecule has 0 aliphatic heterocycles. The topological polar surface area (TPSA) is 47.7 Å². The Bertz CT molecular complexity index is 698. The third-order valence-electron chi connectivity index (χ3n) is 3.43. The number of rotatable bonds is 5. The Balaban J connectivity index is 2.03. The molecular formula is C16H19N5. The summed E-state index contributed by atoms with van der Waals surface area (Å²) in [6.45, 7) is 2.98. The third-order valence-corrected chi connectivity index (χ3v) is 3.43. The van der Waals surface area contributed by atoms with Gasteiger partial charge >= 0.3 is 0 Å². The van der Waals surface area contributed by atoms with Crippen LogP contribution in [0, 0.1) is 0 Å². The molecule has 3 rings (SSSR count). The van der Waals surface area contributed by atoms with Crippen molar-refractivity contribution in [1.29, 1.82) is 0 Å². The molecule has 2 aromatic heterocycles. The molecule has 5 nitrogen and oxygen atoms in total. The van der Waals surface area contributed by atoms with Crippen molar-refractivity contribution in [3.8, 4) is 5.69 Å². The van der Waals surface area contributed by atoms with Gasteiger partial charge in [-0.05, 0) is 24.7 Å². The van der Waals surface area contributed by atoms with Crippen LogP contribution in [0.25, 0.3) is 5.69 Å². The van der Waals surface area contributed by atoms with Gasteiger partial charge in [-0.15, -0.1) is 0 Å². The minimum absolute atomic E-state index is 0.0754. The average molecular weight is 281 g/mol. The van der Waals surface area contributed by atoms with Crippen molar-refractivity contribution in [2.75, 3.05) is 6.54 Å². The van der Waals surface area contributed by atoms with Crippen molar-refractivity contribution < 1.29 is 0 Å². The Morgan fingerprint density at radius 3 is 2.62 bits per heavy atom. The Morgan fingerprint density at radius 1 is 1.14 bits per heavy atom. The molecule has 0 spiro atoms. The number of benzene rings is 1. The standard InChI is InChI=1S/C16H19N5/c1-3-17-16(13-11-19-20(2)12-13)15-9-10-18-21(15)14-7-5-4-6-8-14/h4-12,16-17H,3H2,1-2H3. The molecule has 0 saturated heterocycles. The molecule has 0 saturated carbocycles. The van der Waals surface area contributed by atoms with Crippen LogP contribution >= 0.6 is 0 Å². The summed E-state index contributed by atoms with van der Waals surface area (Å²) in [7, 11) is 1.93. The van der Waals surface area contributed by atoms with Crippen LogP contribution in [0.2, 0.25) is 0 Å². The fourth-order valence-electron chi connectivity index (χ4n) is 2.50. The SMILES string of the molecule is CCNC(c1cnn(C)c1)c1ccnn1-c1ccccc1. The summed E-state index contributed by atoms with van der Waals surface area (Å²) < 4.78 is 3.79. The first-order chi connectivity index (χ1) is 10.3. The zero-order chi connectivity index (χ0) is 14.7. The van der Waals surface area contributed by atoms with Gasteiger partial charge < -0.3 is 5.32 Å². The van der Waals surface area contributed by atoms with Crippen LogP contribution in [0.3, 0.4) is 0 Å². The number of para-hydroxylation sites is 1. The highest BCUT2D eigenvalue weighted by molar-refractivity contribution is 5.35. The lowest BCUT2D eigenvalue weighted by Crippen LogP contribution is -2.24. The minimum atomic E-state index is 0.0754. The van der Waals surface area contributed by atoms with Crippen molar-refractivity contribution in [2.45, 2.75) is 13.0 Å². The van der Waals surface area contributed by atoms with E-state index in [0.29, 0.717) is 0 Å². The van der Waals surface area contributed by atoms with Crippen molar-refractivity contribution in [3.05, 3.63) is 66.2 Å². The molecule has 1 atom stereocenters. The molecule has 21 heavy (non-hydrogen) atoms. The number of nitrogens with zero attached hydrogens (tertiary/aromatic N) is 4. The number of aryl methyl sites for hydroxylation is 1. The Hall–Kier alpha value is -2.40. The van der Waals surface area contributed by atoms with Gasteiger partial charge in [0.15, 0.2) is 0 Å². The van der Waals surface area contributed by atoms with Gasteiger partial charge in [-0.1, -0.05) is 25.1 Å². The van der Waals surface area contributed by atoms with E-state index >= 15 is 0 Å². The smallest absolute Gasteiger partial charge is 0.0783 e. The van der Waals surface area contributed by atoms with Crippen LogP contribution < -0.4 is 5.32 Å². The van der Waals surface area contributed by atoms with Gasteiger partial charge in [0.2, 0.25) is 0 Å². The minimum Gasteiger partial charge on any atom is -0.305 e. The summed E-state index contributed by atoms with van der Waals surface area (Å²) in [5.41, 5.74) is 3.30. The van der Waals surface area contributed by atoms with Crippen molar-refractivity contribution in [2.24, 2.45) is 7.05 Å². The molecule has 0 aliphatic carbocycles. The lowest BCUT2D eigenvalue weighted by atomic mass is 10.1. The van der Waals surface area contributed by atoms with Gasteiger partial charge in [0.25, 0.3) is 0 Å². The highest BCUT2D eigenvalue weighted by Crippen LogP contribution is 2.23. The molecule has 2 heterocycles. The fourth-order valence-corrected chi connectivity index (χ4v) is 2.50. The second kappa shape index (κ2) is 5.93. The van der Waals surface area contributed by atoms with E-state index in [-0.39, 0.29) is 6.04 Å². The molecule has 1 unspecified atom stereocenters. The highest BCUT2D eigenvalue weighted by Gasteiger charge is 2.19. The zero-order valence-electron chi connectivity index (χ0n) is 12.3. The molecule has 3 aromatic rings. The van der Waals surface area contributed by atoms with E-state index < -0.39 is 0 Å². The Kier molecular flexibility index (Phi) is 3.83. The molecule has 1 N–H and O–H groups in total. The molecule has 0 bridgehead atoms. The van der Waals surface area contributed by atoms with E-state index in [1.807, 2.05) is 59.3 Å². The van der Waals surface area contributed by atoms with Crippen molar-refractivity contribution in [3.63, 3.8) is 0 Å². The molecule has 0 aliphatic rings. The van der Waals surface area contributed by atoms with Crippen LogP contribution in [0.15, 0.2) is 55.0 Å². The quantitative estimate of drug-likeness (QED) is 0.780. The lowest BCUT2D eigenvalue weighted by molar-refractivity contribution is 0.593. The van der Waals surface area contributed by atoms with Gasteiger partial charge in [0.1, 0.15) is 0 Å². The van der Waals surface area contributed by atoms with E-state index in [4.69, 9.17) is 0 Å². The first-order valence-electron chi connectivity index (χ1n) is 7.11. The largest absolute Gasteiger partial charge is 0.305 e. The van der Waals surface area contributed by atoms with Crippen LogP contribution in [-0.4, -0.2) is 26.1 Å². The zero-order valence-corrected chi connectivity index (χ0v) is 12.3. The predicted molar refractivity (Wildman–Crippen MR) is 82.3 cm³/mol. The van der Waals surface area contributed by atoms with Gasteiger partial charge in [-0.25, -0.2) is 4.68 Å². The van der Waals surface area contributed by atoms with Gasteiger partial charge in [0, 0.05) is 25.0 Å². The lowest BCUT2D eigenvalue weighted by Gasteiger charge is -2.18. The second-order valence-electron chi connectivity index (χ2n) is 4.94. The molecular weight excluding hydrogens is 262 g/mol. The number of nitrogens with one attached hydrogen (secondary N) is 1. The van der Waals surface area contributed by atoms with Gasteiger partial charge in [-0.3, -0.25) is 4.68 Å². The summed E-state index contributed by atoms with van der Waals surface area (Å²) in [6.07, 6.45) is 5.77. The van der Waals surface area contributed by atoms with Gasteiger partial charge in [-0.2, -0.15) is 10.2 Å². The van der Waals surface area contributed by atoms with E-state index in [1.54, 1.807) is 0 Å². The van der Waals surface area contributed by atoms with Crippen LogP contribution in [0.4, 0.5) is 0 Å². The van der Waals surface area contributed by atoms with E-state index in [0.717, 1.165) is 23.5 Å². The maximum atomic E-state index is 4.47. The maximum Gasteiger partial charge on any atom is 0.0783 e. The van der Waals surface area contributed by atoms with Gasteiger partial charge in [0.05, 0.1) is 23.6 Å². The average Bonchev–Trinajstić information content (AvgIpc) is 3.15. The highest BCUT2D eigenvalue weighted by atomic mass is 15.3. The summed E-state index contributed by atoms with van der Waals surface area (Å²) in [5, 5.41) is 12.3. The summed E-state index contributed by atoms with van der Waals surface area (Å²) in [6, 6.07) is 12.3. The third kappa shape index (κ3) is 2.73. The molecule has 108 valence electrons. The second-order valence-corrected chi connectivity index (χ2v) is 4.94. The van der Waals surface area contributed by atoms with E-state index in [1.165, 1.54) is 0 Å². The number of hydrogen-bond acceptors (Lipinski definition) is 3. The first-order valence-corrected chi connectivity index (χ1v) is 7.11. The Labute approximate surface area is 124 Å². The van der Waals surface area contributed by atoms with Crippen LogP contribution in [-0.2, 0) is 7.05 Å². The Morgan fingerprint density at radius 2 is 1.95 bits per heavy atom.